The number of nitrogens with zero attached hydrogens (tertiary/aromatic N) is 1. The number of anilines is 1. The number of rotatable bonds is 5. The van der Waals surface area contributed by atoms with Gasteiger partial charge < -0.3 is 15.0 Å². The predicted octanol–water partition coefficient (Wildman–Crippen LogP) is 2.46. The van der Waals surface area contributed by atoms with Crippen LogP contribution >= 0.6 is 0 Å². The number of hydrogen-bond donors (Lipinski definition) is 1. The molecule has 0 radical (unpaired) electrons. The zero-order chi connectivity index (χ0) is 17.8. The van der Waals surface area contributed by atoms with E-state index in [4.69, 9.17) is 4.74 Å². The molecule has 5 nitrogen and oxygen atoms in total. The SMILES string of the molecule is COc1ccc(CC(=O)NCc2ccc3c(c2)CCC(=O)N3C)cc1. The zero-order valence-corrected chi connectivity index (χ0v) is 14.5. The summed E-state index contributed by atoms with van der Waals surface area (Å²) in [6.45, 7) is 0.486. The summed E-state index contributed by atoms with van der Waals surface area (Å²) in [4.78, 5) is 25.6. The van der Waals surface area contributed by atoms with E-state index in [0.29, 0.717) is 19.4 Å². The Kier molecular flexibility index (Phi) is 5.03. The van der Waals surface area contributed by atoms with Crippen LogP contribution in [0.4, 0.5) is 5.69 Å². The van der Waals surface area contributed by atoms with Crippen molar-refractivity contribution in [2.45, 2.75) is 25.8 Å². The number of fused-ring (bicyclic) bond motifs is 1. The number of amides is 2. The van der Waals surface area contributed by atoms with Crippen molar-refractivity contribution in [1.29, 1.82) is 0 Å². The number of carbonyl (C=O) groups is 2. The van der Waals surface area contributed by atoms with Gasteiger partial charge in [-0.1, -0.05) is 24.3 Å². The van der Waals surface area contributed by atoms with Gasteiger partial charge in [-0.25, -0.2) is 0 Å². The molecule has 5 heteroatoms. The Labute approximate surface area is 147 Å². The van der Waals surface area contributed by atoms with Gasteiger partial charge in [0.1, 0.15) is 5.75 Å². The molecule has 0 saturated carbocycles. The maximum absolute atomic E-state index is 12.1. The quantitative estimate of drug-likeness (QED) is 0.911. The van der Waals surface area contributed by atoms with Crippen molar-refractivity contribution in [3.63, 3.8) is 0 Å². The van der Waals surface area contributed by atoms with Crippen LogP contribution in [0.25, 0.3) is 0 Å². The van der Waals surface area contributed by atoms with Crippen LogP contribution in [0.1, 0.15) is 23.1 Å². The lowest BCUT2D eigenvalue weighted by atomic mass is 9.99. The molecule has 1 N–H and O–H groups in total. The summed E-state index contributed by atoms with van der Waals surface area (Å²) in [6, 6.07) is 13.5. The van der Waals surface area contributed by atoms with Crippen molar-refractivity contribution in [1.82, 2.24) is 5.32 Å². The first-order valence-electron chi connectivity index (χ1n) is 8.35. The molecule has 0 fully saturated rings. The monoisotopic (exact) mass is 338 g/mol. The first-order valence-corrected chi connectivity index (χ1v) is 8.35. The second-order valence-electron chi connectivity index (χ2n) is 6.22. The fourth-order valence-corrected chi connectivity index (χ4v) is 3.01. The van der Waals surface area contributed by atoms with Crippen molar-refractivity contribution < 1.29 is 14.3 Å². The highest BCUT2D eigenvalue weighted by atomic mass is 16.5. The second-order valence-corrected chi connectivity index (χ2v) is 6.22. The molecule has 2 aromatic carbocycles. The van der Waals surface area contributed by atoms with Crippen LogP contribution < -0.4 is 15.0 Å². The average molecular weight is 338 g/mol. The van der Waals surface area contributed by atoms with Gasteiger partial charge in [-0.2, -0.15) is 0 Å². The zero-order valence-electron chi connectivity index (χ0n) is 14.5. The van der Waals surface area contributed by atoms with Gasteiger partial charge in [0.15, 0.2) is 0 Å². The van der Waals surface area contributed by atoms with E-state index in [1.807, 2.05) is 36.4 Å². The topological polar surface area (TPSA) is 58.6 Å². The normalized spacial score (nSPS) is 13.4. The molecule has 0 spiro atoms. The van der Waals surface area contributed by atoms with Crippen LogP contribution in [-0.4, -0.2) is 26.0 Å². The van der Waals surface area contributed by atoms with Crippen molar-refractivity contribution in [2.75, 3.05) is 19.1 Å². The van der Waals surface area contributed by atoms with Gasteiger partial charge >= 0.3 is 0 Å². The minimum Gasteiger partial charge on any atom is -0.497 e. The highest BCUT2D eigenvalue weighted by molar-refractivity contribution is 5.95. The number of hydrogen-bond acceptors (Lipinski definition) is 3. The summed E-state index contributed by atoms with van der Waals surface area (Å²) in [5, 5.41) is 2.95. The molecule has 0 bridgehead atoms. The summed E-state index contributed by atoms with van der Waals surface area (Å²) in [5.74, 6) is 0.907. The molecule has 0 saturated heterocycles. The highest BCUT2D eigenvalue weighted by Crippen LogP contribution is 2.27. The van der Waals surface area contributed by atoms with E-state index in [2.05, 4.69) is 11.4 Å². The Morgan fingerprint density at radius 2 is 1.84 bits per heavy atom. The number of methoxy groups -OCH3 is 1. The van der Waals surface area contributed by atoms with Crippen molar-refractivity contribution in [3.8, 4) is 5.75 Å². The Bertz CT molecular complexity index is 784. The number of benzene rings is 2. The van der Waals surface area contributed by atoms with Gasteiger partial charge in [0, 0.05) is 25.7 Å². The summed E-state index contributed by atoms with van der Waals surface area (Å²) < 4.78 is 5.11. The van der Waals surface area contributed by atoms with Gasteiger partial charge in [-0.15, -0.1) is 0 Å². The Balaban J connectivity index is 1.58. The molecule has 0 aliphatic carbocycles. The maximum Gasteiger partial charge on any atom is 0.227 e. The van der Waals surface area contributed by atoms with Gasteiger partial charge in [0.25, 0.3) is 0 Å². The standard InChI is InChI=1S/C20H22N2O3/c1-22-18-9-5-15(11-16(18)6-10-20(22)24)13-21-19(23)12-14-3-7-17(25-2)8-4-14/h3-5,7-9,11H,6,10,12-13H2,1-2H3,(H,21,23). The van der Waals surface area contributed by atoms with Crippen LogP contribution in [0.15, 0.2) is 42.5 Å². The third-order valence-corrected chi connectivity index (χ3v) is 4.50. The fraction of sp³-hybridized carbons (Fsp3) is 0.300. The Hall–Kier alpha value is -2.82. The number of carbonyl (C=O) groups excluding carboxylic acids is 2. The van der Waals surface area contributed by atoms with Gasteiger partial charge in [0.05, 0.1) is 13.5 Å². The molecule has 25 heavy (non-hydrogen) atoms. The Morgan fingerprint density at radius 3 is 2.56 bits per heavy atom. The predicted molar refractivity (Wildman–Crippen MR) is 96.7 cm³/mol. The van der Waals surface area contributed by atoms with Crippen LogP contribution in [0.5, 0.6) is 5.75 Å². The van der Waals surface area contributed by atoms with Gasteiger partial charge in [0.2, 0.25) is 11.8 Å². The van der Waals surface area contributed by atoms with E-state index >= 15 is 0 Å². The maximum atomic E-state index is 12.1. The van der Waals surface area contributed by atoms with Crippen LogP contribution in [0.3, 0.4) is 0 Å². The van der Waals surface area contributed by atoms with Crippen LogP contribution in [0, 0.1) is 0 Å². The molecule has 1 aliphatic rings. The lowest BCUT2D eigenvalue weighted by Gasteiger charge is -2.26. The van der Waals surface area contributed by atoms with Crippen molar-refractivity contribution in [2.24, 2.45) is 0 Å². The van der Waals surface area contributed by atoms with E-state index in [-0.39, 0.29) is 11.8 Å². The van der Waals surface area contributed by atoms with E-state index in [1.54, 1.807) is 19.1 Å². The number of aryl methyl sites for hydroxylation is 1. The van der Waals surface area contributed by atoms with Gasteiger partial charge in [-0.3, -0.25) is 9.59 Å². The first-order chi connectivity index (χ1) is 12.1. The van der Waals surface area contributed by atoms with E-state index < -0.39 is 0 Å². The third-order valence-electron chi connectivity index (χ3n) is 4.50. The van der Waals surface area contributed by atoms with Crippen molar-refractivity contribution >= 4 is 17.5 Å². The van der Waals surface area contributed by atoms with Gasteiger partial charge in [-0.05, 0) is 41.3 Å². The molecule has 1 aliphatic heterocycles. The van der Waals surface area contributed by atoms with E-state index in [0.717, 1.165) is 34.5 Å². The largest absolute Gasteiger partial charge is 0.497 e. The minimum absolute atomic E-state index is 0.0183. The fourth-order valence-electron chi connectivity index (χ4n) is 3.01. The van der Waals surface area contributed by atoms with E-state index in [9.17, 15) is 9.59 Å². The smallest absolute Gasteiger partial charge is 0.227 e. The molecule has 0 atom stereocenters. The lowest BCUT2D eigenvalue weighted by Crippen LogP contribution is -2.31. The summed E-state index contributed by atoms with van der Waals surface area (Å²) in [6.07, 6.45) is 1.63. The number of nitrogens with one attached hydrogen (secondary N) is 1. The second kappa shape index (κ2) is 7.38. The summed E-state index contributed by atoms with van der Waals surface area (Å²) in [5.41, 5.74) is 4.11. The molecule has 1 heterocycles. The van der Waals surface area contributed by atoms with E-state index in [1.165, 1.54) is 0 Å². The molecule has 3 rings (SSSR count). The third kappa shape index (κ3) is 3.99. The number of ether oxygens (including phenoxy) is 1. The minimum atomic E-state index is -0.0183. The van der Waals surface area contributed by atoms with Crippen LogP contribution in [0.2, 0.25) is 0 Å². The lowest BCUT2D eigenvalue weighted by molar-refractivity contribution is -0.120. The van der Waals surface area contributed by atoms with Crippen LogP contribution in [-0.2, 0) is 29.0 Å². The molecule has 0 unspecified atom stereocenters. The molecule has 0 aromatic heterocycles. The first kappa shape index (κ1) is 17.0. The Morgan fingerprint density at radius 1 is 1.12 bits per heavy atom. The molecular formula is C20H22N2O3. The highest BCUT2D eigenvalue weighted by Gasteiger charge is 2.20. The van der Waals surface area contributed by atoms with Crippen molar-refractivity contribution in [3.05, 3.63) is 59.2 Å². The molecule has 2 amide bonds. The average Bonchev–Trinajstić information content (AvgIpc) is 2.64. The molecule has 130 valence electrons. The molecular weight excluding hydrogens is 316 g/mol. The summed E-state index contributed by atoms with van der Waals surface area (Å²) in [7, 11) is 3.42. The molecule has 2 aromatic rings. The summed E-state index contributed by atoms with van der Waals surface area (Å²) >= 11 is 0.